The second-order valence-corrected chi connectivity index (χ2v) is 5.62. The molecule has 92 valence electrons. The number of nitrogens with one attached hydrogen (secondary N) is 1. The predicted octanol–water partition coefficient (Wildman–Crippen LogP) is 3.81. The molecular formula is C15H15BrN2. The zero-order valence-corrected chi connectivity index (χ0v) is 11.7. The summed E-state index contributed by atoms with van der Waals surface area (Å²) in [5, 5.41) is 3.61. The number of hydrogen-bond donors (Lipinski definition) is 1. The van der Waals surface area contributed by atoms with E-state index in [9.17, 15) is 0 Å². The molecule has 1 unspecified atom stereocenters. The van der Waals surface area contributed by atoms with E-state index in [4.69, 9.17) is 0 Å². The third-order valence-corrected chi connectivity index (χ3v) is 3.85. The van der Waals surface area contributed by atoms with Crippen molar-refractivity contribution in [3.8, 4) is 0 Å². The average Bonchev–Trinajstić information content (AvgIpc) is 2.41. The Morgan fingerprint density at radius 1 is 1.22 bits per heavy atom. The minimum atomic E-state index is 0.494. The molecule has 1 aromatic carbocycles. The molecule has 3 rings (SSSR count). The standard InChI is InChI=1S/C15H15BrN2/c16-12-6-8-13(17-10-12)9-14-7-5-11-3-1-2-4-15(11)18-14/h1-4,6,8,10,14,18H,5,7,9H2. The van der Waals surface area contributed by atoms with Crippen LogP contribution in [0.3, 0.4) is 0 Å². The molecule has 1 aliphatic heterocycles. The smallest absolute Gasteiger partial charge is 0.0424 e. The summed E-state index contributed by atoms with van der Waals surface area (Å²) < 4.78 is 1.04. The molecule has 1 aromatic heterocycles. The lowest BCUT2D eigenvalue weighted by atomic mass is 9.95. The molecular weight excluding hydrogens is 288 g/mol. The van der Waals surface area contributed by atoms with Gasteiger partial charge in [0.1, 0.15) is 0 Å². The molecule has 1 atom stereocenters. The van der Waals surface area contributed by atoms with Gasteiger partial charge in [0.25, 0.3) is 0 Å². The highest BCUT2D eigenvalue weighted by atomic mass is 79.9. The number of halogens is 1. The first kappa shape index (κ1) is 11.7. The van der Waals surface area contributed by atoms with Crippen LogP contribution in [0.2, 0.25) is 0 Å². The van der Waals surface area contributed by atoms with Crippen molar-refractivity contribution in [2.45, 2.75) is 25.3 Å². The van der Waals surface area contributed by atoms with Gasteiger partial charge in [0, 0.05) is 34.5 Å². The fraction of sp³-hybridized carbons (Fsp3) is 0.267. The zero-order valence-electron chi connectivity index (χ0n) is 10.1. The molecule has 0 aliphatic carbocycles. The van der Waals surface area contributed by atoms with Gasteiger partial charge in [-0.1, -0.05) is 18.2 Å². The topological polar surface area (TPSA) is 24.9 Å². The van der Waals surface area contributed by atoms with E-state index < -0.39 is 0 Å². The summed E-state index contributed by atoms with van der Waals surface area (Å²) in [5.74, 6) is 0. The van der Waals surface area contributed by atoms with Crippen LogP contribution in [0.15, 0.2) is 47.1 Å². The molecule has 2 heterocycles. The minimum absolute atomic E-state index is 0.494. The summed E-state index contributed by atoms with van der Waals surface area (Å²) in [7, 11) is 0. The summed E-state index contributed by atoms with van der Waals surface area (Å²) in [6.07, 6.45) is 5.19. The van der Waals surface area contributed by atoms with Crippen LogP contribution in [-0.4, -0.2) is 11.0 Å². The molecule has 0 bridgehead atoms. The first-order valence-electron chi connectivity index (χ1n) is 6.26. The molecule has 0 spiro atoms. The van der Waals surface area contributed by atoms with E-state index in [1.165, 1.54) is 17.7 Å². The number of aromatic nitrogens is 1. The van der Waals surface area contributed by atoms with Crippen molar-refractivity contribution >= 4 is 21.6 Å². The maximum atomic E-state index is 4.44. The Kier molecular flexibility index (Phi) is 3.33. The Bertz CT molecular complexity index is 536. The molecule has 1 N–H and O–H groups in total. The number of rotatable bonds is 2. The fourth-order valence-electron chi connectivity index (χ4n) is 2.43. The van der Waals surface area contributed by atoms with Crippen LogP contribution in [0.1, 0.15) is 17.7 Å². The van der Waals surface area contributed by atoms with Crippen molar-refractivity contribution < 1.29 is 0 Å². The highest BCUT2D eigenvalue weighted by Crippen LogP contribution is 2.25. The number of benzene rings is 1. The van der Waals surface area contributed by atoms with Crippen molar-refractivity contribution in [1.29, 1.82) is 0 Å². The number of fused-ring (bicyclic) bond motifs is 1. The van der Waals surface area contributed by atoms with Crippen molar-refractivity contribution in [3.05, 3.63) is 58.3 Å². The van der Waals surface area contributed by atoms with Crippen LogP contribution in [0.25, 0.3) is 0 Å². The van der Waals surface area contributed by atoms with Crippen molar-refractivity contribution in [2.75, 3.05) is 5.32 Å². The van der Waals surface area contributed by atoms with E-state index in [0.29, 0.717) is 6.04 Å². The van der Waals surface area contributed by atoms with Gasteiger partial charge in [0.05, 0.1) is 0 Å². The lowest BCUT2D eigenvalue weighted by Crippen LogP contribution is -2.27. The molecule has 1 aliphatic rings. The third kappa shape index (κ3) is 2.56. The van der Waals surface area contributed by atoms with Crippen molar-refractivity contribution in [1.82, 2.24) is 4.98 Å². The highest BCUT2D eigenvalue weighted by molar-refractivity contribution is 9.10. The van der Waals surface area contributed by atoms with E-state index in [1.54, 1.807) is 0 Å². The minimum Gasteiger partial charge on any atom is -0.382 e. The number of pyridine rings is 1. The van der Waals surface area contributed by atoms with Gasteiger partial charge in [0.15, 0.2) is 0 Å². The lowest BCUT2D eigenvalue weighted by molar-refractivity contribution is 0.620. The van der Waals surface area contributed by atoms with Gasteiger partial charge in [-0.2, -0.15) is 0 Å². The molecule has 2 nitrogen and oxygen atoms in total. The van der Waals surface area contributed by atoms with Crippen LogP contribution in [0.4, 0.5) is 5.69 Å². The molecule has 3 heteroatoms. The lowest BCUT2D eigenvalue weighted by Gasteiger charge is -2.26. The van der Waals surface area contributed by atoms with E-state index in [1.807, 2.05) is 6.20 Å². The first-order chi connectivity index (χ1) is 8.81. The number of para-hydroxylation sites is 1. The maximum Gasteiger partial charge on any atom is 0.0424 e. The van der Waals surface area contributed by atoms with Crippen LogP contribution in [-0.2, 0) is 12.8 Å². The van der Waals surface area contributed by atoms with Crippen LogP contribution < -0.4 is 5.32 Å². The molecule has 0 fully saturated rings. The number of nitrogens with zero attached hydrogens (tertiary/aromatic N) is 1. The molecule has 2 aromatic rings. The number of aryl methyl sites for hydroxylation is 1. The Labute approximate surface area is 116 Å². The van der Waals surface area contributed by atoms with Gasteiger partial charge >= 0.3 is 0 Å². The van der Waals surface area contributed by atoms with Crippen LogP contribution in [0.5, 0.6) is 0 Å². The molecule has 0 saturated carbocycles. The van der Waals surface area contributed by atoms with Crippen molar-refractivity contribution in [2.24, 2.45) is 0 Å². The van der Waals surface area contributed by atoms with E-state index >= 15 is 0 Å². The van der Waals surface area contributed by atoms with Crippen molar-refractivity contribution in [3.63, 3.8) is 0 Å². The Morgan fingerprint density at radius 3 is 2.94 bits per heavy atom. The second-order valence-electron chi connectivity index (χ2n) is 4.71. The first-order valence-corrected chi connectivity index (χ1v) is 7.05. The van der Waals surface area contributed by atoms with Crippen LogP contribution >= 0.6 is 15.9 Å². The summed E-state index contributed by atoms with van der Waals surface area (Å²) in [5.41, 5.74) is 3.86. The predicted molar refractivity (Wildman–Crippen MR) is 77.8 cm³/mol. The van der Waals surface area contributed by atoms with Gasteiger partial charge in [-0.25, -0.2) is 0 Å². The van der Waals surface area contributed by atoms with Gasteiger partial charge in [0.2, 0.25) is 0 Å². The average molecular weight is 303 g/mol. The monoisotopic (exact) mass is 302 g/mol. The quantitative estimate of drug-likeness (QED) is 0.912. The molecule has 0 amide bonds. The highest BCUT2D eigenvalue weighted by Gasteiger charge is 2.17. The normalized spacial score (nSPS) is 17.9. The Morgan fingerprint density at radius 2 is 2.11 bits per heavy atom. The largest absolute Gasteiger partial charge is 0.382 e. The summed E-state index contributed by atoms with van der Waals surface area (Å²) >= 11 is 3.41. The van der Waals surface area contributed by atoms with E-state index in [2.05, 4.69) is 62.6 Å². The van der Waals surface area contributed by atoms with Gasteiger partial charge in [-0.05, 0) is 52.5 Å². The van der Waals surface area contributed by atoms with Gasteiger partial charge in [-0.3, -0.25) is 4.98 Å². The SMILES string of the molecule is Brc1ccc(CC2CCc3ccccc3N2)nc1. The maximum absolute atomic E-state index is 4.44. The van der Waals surface area contributed by atoms with E-state index in [0.717, 1.165) is 23.0 Å². The fourth-order valence-corrected chi connectivity index (χ4v) is 2.67. The second kappa shape index (κ2) is 5.11. The molecule has 18 heavy (non-hydrogen) atoms. The molecule has 0 saturated heterocycles. The molecule has 0 radical (unpaired) electrons. The summed E-state index contributed by atoms with van der Waals surface area (Å²) in [4.78, 5) is 4.44. The van der Waals surface area contributed by atoms with E-state index in [-0.39, 0.29) is 0 Å². The third-order valence-electron chi connectivity index (χ3n) is 3.38. The van der Waals surface area contributed by atoms with Gasteiger partial charge in [-0.15, -0.1) is 0 Å². The summed E-state index contributed by atoms with van der Waals surface area (Å²) in [6.45, 7) is 0. The zero-order chi connectivity index (χ0) is 12.4. The summed E-state index contributed by atoms with van der Waals surface area (Å²) in [6, 6.07) is 13.2. The Hall–Kier alpha value is -1.35. The number of anilines is 1. The van der Waals surface area contributed by atoms with Crippen LogP contribution in [0, 0.1) is 0 Å². The Balaban J connectivity index is 1.71. The number of hydrogen-bond acceptors (Lipinski definition) is 2. The van der Waals surface area contributed by atoms with Gasteiger partial charge < -0.3 is 5.32 Å².